The van der Waals surface area contributed by atoms with Crippen LogP contribution in [0.1, 0.15) is 12.6 Å². The van der Waals surface area contributed by atoms with Crippen molar-refractivity contribution in [2.75, 3.05) is 0 Å². The molecular formula is C10H16N4O4. The maximum atomic E-state index is 11.4. The van der Waals surface area contributed by atoms with E-state index in [0.717, 1.165) is 0 Å². The van der Waals surface area contributed by atoms with Crippen LogP contribution in [-0.2, 0) is 18.4 Å². The summed E-state index contributed by atoms with van der Waals surface area (Å²) in [5, 5.41) is 26.6. The molecule has 0 saturated heterocycles. The van der Waals surface area contributed by atoms with Gasteiger partial charge in [0.25, 0.3) is 0 Å². The molecule has 1 aromatic heterocycles. The molecule has 8 nitrogen and oxygen atoms in total. The van der Waals surface area contributed by atoms with Gasteiger partial charge in [0.2, 0.25) is 0 Å². The average molecular weight is 256 g/mol. The number of aliphatic hydroxyl groups is 1. The van der Waals surface area contributed by atoms with E-state index >= 15 is 0 Å². The molecule has 1 heterocycles. The third-order valence-electron chi connectivity index (χ3n) is 2.23. The molecule has 0 radical (unpaired) electrons. The molecule has 0 aliphatic rings. The highest BCUT2D eigenvalue weighted by Gasteiger charge is 2.24. The topological polar surface area (TPSA) is 116 Å². The van der Waals surface area contributed by atoms with E-state index in [0.29, 0.717) is 5.69 Å². The van der Waals surface area contributed by atoms with E-state index < -0.39 is 24.1 Å². The fraction of sp³-hybridized carbons (Fsp3) is 0.500. The van der Waals surface area contributed by atoms with Crippen molar-refractivity contribution < 1.29 is 19.8 Å². The number of hydrogen-bond donors (Lipinski definition) is 4. The minimum atomic E-state index is -1.34. The summed E-state index contributed by atoms with van der Waals surface area (Å²) < 4.78 is 1.59. The van der Waals surface area contributed by atoms with Crippen LogP contribution in [0.4, 0.5) is 4.79 Å². The van der Waals surface area contributed by atoms with Crippen molar-refractivity contribution in [3.05, 3.63) is 18.0 Å². The average Bonchev–Trinajstić information content (AvgIpc) is 2.68. The molecule has 8 heteroatoms. The highest BCUT2D eigenvalue weighted by molar-refractivity contribution is 5.82. The standard InChI is InChI=1S/C10H16N4O4/c1-6(15)8(9(16)17)12-10(18)11-5-7-3-4-14(2)13-7/h3-4,6,8,15H,5H2,1-2H3,(H,16,17)(H2,11,12,18)/t6-,8+/m1/s1. The molecular weight excluding hydrogens is 240 g/mol. The van der Waals surface area contributed by atoms with Gasteiger partial charge in [-0.05, 0) is 13.0 Å². The van der Waals surface area contributed by atoms with Crippen LogP contribution in [-0.4, -0.2) is 44.1 Å². The number of aliphatic hydroxyl groups excluding tert-OH is 1. The van der Waals surface area contributed by atoms with Crippen molar-refractivity contribution in [1.29, 1.82) is 0 Å². The monoisotopic (exact) mass is 256 g/mol. The highest BCUT2D eigenvalue weighted by atomic mass is 16.4. The van der Waals surface area contributed by atoms with E-state index in [2.05, 4.69) is 15.7 Å². The van der Waals surface area contributed by atoms with Gasteiger partial charge in [-0.1, -0.05) is 0 Å². The summed E-state index contributed by atoms with van der Waals surface area (Å²) >= 11 is 0. The predicted molar refractivity (Wildman–Crippen MR) is 61.7 cm³/mol. The van der Waals surface area contributed by atoms with Crippen LogP contribution in [0.15, 0.2) is 12.3 Å². The van der Waals surface area contributed by atoms with E-state index in [1.165, 1.54) is 6.92 Å². The number of urea groups is 1. The second kappa shape index (κ2) is 6.01. The zero-order valence-electron chi connectivity index (χ0n) is 10.1. The van der Waals surface area contributed by atoms with Crippen molar-refractivity contribution in [2.24, 2.45) is 7.05 Å². The van der Waals surface area contributed by atoms with Crippen LogP contribution in [0, 0.1) is 0 Å². The molecule has 0 fully saturated rings. The Bertz CT molecular complexity index is 429. The first-order valence-corrected chi connectivity index (χ1v) is 5.34. The Morgan fingerprint density at radius 2 is 2.22 bits per heavy atom. The van der Waals surface area contributed by atoms with E-state index in [9.17, 15) is 14.7 Å². The van der Waals surface area contributed by atoms with Gasteiger partial charge in [-0.2, -0.15) is 5.10 Å². The summed E-state index contributed by atoms with van der Waals surface area (Å²) in [4.78, 5) is 22.1. The Morgan fingerprint density at radius 3 is 2.67 bits per heavy atom. The lowest BCUT2D eigenvalue weighted by molar-refractivity contribution is -0.141. The molecule has 0 aliphatic heterocycles. The number of aryl methyl sites for hydroxylation is 1. The Morgan fingerprint density at radius 1 is 1.56 bits per heavy atom. The normalized spacial score (nSPS) is 13.7. The first-order valence-electron chi connectivity index (χ1n) is 5.34. The molecule has 100 valence electrons. The number of carboxylic acids is 1. The van der Waals surface area contributed by atoms with Crippen molar-refractivity contribution in [2.45, 2.75) is 25.6 Å². The maximum absolute atomic E-state index is 11.4. The lowest BCUT2D eigenvalue weighted by Gasteiger charge is -2.17. The van der Waals surface area contributed by atoms with Gasteiger partial charge in [0.15, 0.2) is 6.04 Å². The smallest absolute Gasteiger partial charge is 0.328 e. The summed E-state index contributed by atoms with van der Waals surface area (Å²) in [6.07, 6.45) is 0.549. The minimum Gasteiger partial charge on any atom is -0.480 e. The number of rotatable bonds is 5. The zero-order chi connectivity index (χ0) is 13.7. The zero-order valence-corrected chi connectivity index (χ0v) is 10.1. The molecule has 2 atom stereocenters. The van der Waals surface area contributed by atoms with Gasteiger partial charge in [-0.25, -0.2) is 9.59 Å². The second-order valence-corrected chi connectivity index (χ2v) is 3.86. The number of carbonyl (C=O) groups excluding carboxylic acids is 1. The van der Waals surface area contributed by atoms with Gasteiger partial charge in [-0.3, -0.25) is 4.68 Å². The van der Waals surface area contributed by atoms with Crippen LogP contribution < -0.4 is 10.6 Å². The van der Waals surface area contributed by atoms with Crippen LogP contribution in [0.3, 0.4) is 0 Å². The number of nitrogens with zero attached hydrogens (tertiary/aromatic N) is 2. The number of hydrogen-bond acceptors (Lipinski definition) is 4. The fourth-order valence-corrected chi connectivity index (χ4v) is 1.31. The second-order valence-electron chi connectivity index (χ2n) is 3.86. The summed E-state index contributed by atoms with van der Waals surface area (Å²) in [5.74, 6) is -1.29. The van der Waals surface area contributed by atoms with Gasteiger partial charge >= 0.3 is 12.0 Å². The first kappa shape index (κ1) is 14.0. The number of aromatic nitrogens is 2. The first-order chi connectivity index (χ1) is 8.40. The number of carboxylic acid groups (broad SMARTS) is 1. The number of amides is 2. The van der Waals surface area contributed by atoms with E-state index in [1.54, 1.807) is 24.0 Å². The van der Waals surface area contributed by atoms with Crippen molar-refractivity contribution in [3.63, 3.8) is 0 Å². The van der Waals surface area contributed by atoms with Crippen molar-refractivity contribution in [1.82, 2.24) is 20.4 Å². The summed E-state index contributed by atoms with van der Waals surface area (Å²) in [7, 11) is 1.75. The van der Waals surface area contributed by atoms with Gasteiger partial charge in [0.05, 0.1) is 18.3 Å². The Hall–Kier alpha value is -2.09. The van der Waals surface area contributed by atoms with Crippen LogP contribution in [0.25, 0.3) is 0 Å². The van der Waals surface area contributed by atoms with E-state index in [4.69, 9.17) is 5.11 Å². The number of nitrogens with one attached hydrogen (secondary N) is 2. The fourth-order valence-electron chi connectivity index (χ4n) is 1.31. The molecule has 0 aromatic carbocycles. The molecule has 2 amide bonds. The largest absolute Gasteiger partial charge is 0.480 e. The van der Waals surface area contributed by atoms with Crippen molar-refractivity contribution >= 4 is 12.0 Å². The van der Waals surface area contributed by atoms with Crippen molar-refractivity contribution in [3.8, 4) is 0 Å². The highest BCUT2D eigenvalue weighted by Crippen LogP contribution is 1.95. The molecule has 0 aliphatic carbocycles. The molecule has 4 N–H and O–H groups in total. The Kier molecular flexibility index (Phi) is 4.67. The molecule has 1 rings (SSSR count). The summed E-state index contributed by atoms with van der Waals surface area (Å²) in [5.41, 5.74) is 0.650. The molecule has 0 unspecified atom stereocenters. The lowest BCUT2D eigenvalue weighted by Crippen LogP contribution is -2.51. The van der Waals surface area contributed by atoms with Gasteiger partial charge < -0.3 is 20.8 Å². The molecule has 1 aromatic rings. The van der Waals surface area contributed by atoms with E-state index in [-0.39, 0.29) is 6.54 Å². The molecule has 18 heavy (non-hydrogen) atoms. The van der Waals surface area contributed by atoms with Gasteiger partial charge in [0, 0.05) is 13.2 Å². The molecule has 0 saturated carbocycles. The minimum absolute atomic E-state index is 0.179. The Balaban J connectivity index is 2.43. The lowest BCUT2D eigenvalue weighted by atomic mass is 10.2. The SMILES string of the molecule is C[C@@H](O)[C@H](NC(=O)NCc1ccn(C)n1)C(=O)O. The number of aliphatic carboxylic acids is 1. The molecule has 0 bridgehead atoms. The van der Waals surface area contributed by atoms with Crippen LogP contribution in [0.5, 0.6) is 0 Å². The van der Waals surface area contributed by atoms with Gasteiger partial charge in [-0.15, -0.1) is 0 Å². The van der Waals surface area contributed by atoms with Crippen LogP contribution >= 0.6 is 0 Å². The third kappa shape index (κ3) is 4.06. The molecule has 0 spiro atoms. The maximum Gasteiger partial charge on any atom is 0.328 e. The quantitative estimate of drug-likeness (QED) is 0.542. The number of carbonyl (C=O) groups is 2. The van der Waals surface area contributed by atoms with E-state index in [1.807, 2.05) is 0 Å². The Labute approximate surface area is 104 Å². The van der Waals surface area contributed by atoms with Gasteiger partial charge in [0.1, 0.15) is 0 Å². The summed E-state index contributed by atoms with van der Waals surface area (Å²) in [6, 6.07) is -0.286. The third-order valence-corrected chi connectivity index (χ3v) is 2.23. The summed E-state index contributed by atoms with van der Waals surface area (Å²) in [6.45, 7) is 1.47. The van der Waals surface area contributed by atoms with Crippen LogP contribution in [0.2, 0.25) is 0 Å². The predicted octanol–water partition coefficient (Wildman–Crippen LogP) is -0.947.